The Bertz CT molecular complexity index is 307. The molecule has 0 aliphatic carbocycles. The number of hydrogen-bond donors (Lipinski definition) is 1. The fraction of sp³-hybridized carbons (Fsp3) is 0.455. The van der Waals surface area contributed by atoms with E-state index < -0.39 is 6.61 Å². The van der Waals surface area contributed by atoms with Gasteiger partial charge in [0.05, 0.1) is 6.61 Å². The van der Waals surface area contributed by atoms with Gasteiger partial charge in [-0.2, -0.15) is 8.78 Å². The highest BCUT2D eigenvalue weighted by molar-refractivity contribution is 5.31. The Morgan fingerprint density at radius 1 is 1.27 bits per heavy atom. The highest BCUT2D eigenvalue weighted by Gasteiger charge is 2.19. The molecule has 1 aromatic rings. The molecule has 0 aromatic heterocycles. The van der Waals surface area contributed by atoms with Crippen molar-refractivity contribution in [3.05, 3.63) is 29.8 Å². The number of alkyl halides is 2. The van der Waals surface area contributed by atoms with Crippen LogP contribution in [0, 0.1) is 0 Å². The average molecular weight is 216 g/mol. The summed E-state index contributed by atoms with van der Waals surface area (Å²) in [6.45, 7) is 0.940. The van der Waals surface area contributed by atoms with Crippen LogP contribution in [0.4, 0.5) is 8.78 Å². The van der Waals surface area contributed by atoms with Gasteiger partial charge in [-0.25, -0.2) is 0 Å². The summed E-state index contributed by atoms with van der Waals surface area (Å²) >= 11 is 0. The Morgan fingerprint density at radius 3 is 2.20 bits per heavy atom. The molecule has 0 radical (unpaired) electrons. The van der Waals surface area contributed by atoms with Gasteiger partial charge >= 0.3 is 6.61 Å². The van der Waals surface area contributed by atoms with Crippen molar-refractivity contribution in [3.8, 4) is 5.75 Å². The molecule has 1 N–H and O–H groups in total. The standard InChI is InChI=1S/C11H14F2O2/c1-11(2,7-14)8-3-5-9(6-4-8)15-10(12)13/h3-6,10,14H,7H2,1-2H3. The van der Waals surface area contributed by atoms with Gasteiger partial charge < -0.3 is 9.84 Å². The normalized spacial score (nSPS) is 11.9. The van der Waals surface area contributed by atoms with Crippen molar-refractivity contribution >= 4 is 0 Å². The second-order valence-electron chi connectivity index (χ2n) is 3.94. The maximum Gasteiger partial charge on any atom is 0.387 e. The number of hydrogen-bond acceptors (Lipinski definition) is 2. The maximum absolute atomic E-state index is 11.9. The van der Waals surface area contributed by atoms with Crippen LogP contribution in [0.5, 0.6) is 5.75 Å². The van der Waals surface area contributed by atoms with Crippen LogP contribution in [-0.4, -0.2) is 18.3 Å². The summed E-state index contributed by atoms with van der Waals surface area (Å²) in [5.74, 6) is 0.127. The van der Waals surface area contributed by atoms with E-state index in [9.17, 15) is 8.78 Å². The zero-order chi connectivity index (χ0) is 11.5. The van der Waals surface area contributed by atoms with Gasteiger partial charge in [-0.05, 0) is 17.7 Å². The lowest BCUT2D eigenvalue weighted by molar-refractivity contribution is -0.0498. The number of benzene rings is 1. The number of ether oxygens (including phenoxy) is 1. The summed E-state index contributed by atoms with van der Waals surface area (Å²) in [6, 6.07) is 6.29. The second kappa shape index (κ2) is 4.57. The maximum atomic E-state index is 11.9. The van der Waals surface area contributed by atoms with E-state index in [1.807, 2.05) is 13.8 Å². The van der Waals surface area contributed by atoms with Crippen molar-refractivity contribution in [1.29, 1.82) is 0 Å². The summed E-state index contributed by atoms with van der Waals surface area (Å²) in [6.07, 6.45) is 0. The quantitative estimate of drug-likeness (QED) is 0.838. The lowest BCUT2D eigenvalue weighted by Crippen LogP contribution is -2.21. The fourth-order valence-corrected chi connectivity index (χ4v) is 1.18. The smallest absolute Gasteiger partial charge is 0.387 e. The van der Waals surface area contributed by atoms with Crippen LogP contribution in [0.2, 0.25) is 0 Å². The fourth-order valence-electron chi connectivity index (χ4n) is 1.18. The predicted molar refractivity (Wildman–Crippen MR) is 53.2 cm³/mol. The van der Waals surface area contributed by atoms with Crippen molar-refractivity contribution in [1.82, 2.24) is 0 Å². The van der Waals surface area contributed by atoms with Crippen LogP contribution < -0.4 is 4.74 Å². The second-order valence-corrected chi connectivity index (χ2v) is 3.94. The summed E-state index contributed by atoms with van der Waals surface area (Å²) in [7, 11) is 0. The van der Waals surface area contributed by atoms with Crippen LogP contribution in [0.1, 0.15) is 19.4 Å². The highest BCUT2D eigenvalue weighted by Crippen LogP contribution is 2.25. The molecule has 15 heavy (non-hydrogen) atoms. The molecule has 0 bridgehead atoms. The minimum absolute atomic E-state index is 0.00203. The minimum atomic E-state index is -2.80. The molecular weight excluding hydrogens is 202 g/mol. The highest BCUT2D eigenvalue weighted by atomic mass is 19.3. The molecule has 0 atom stereocenters. The molecule has 0 spiro atoms. The van der Waals surface area contributed by atoms with Crippen molar-refractivity contribution in [2.24, 2.45) is 0 Å². The molecule has 0 fully saturated rings. The van der Waals surface area contributed by atoms with Crippen LogP contribution in [-0.2, 0) is 5.41 Å². The number of rotatable bonds is 4. The number of halogens is 2. The molecule has 0 heterocycles. The summed E-state index contributed by atoms with van der Waals surface area (Å²) in [5, 5.41) is 9.11. The van der Waals surface area contributed by atoms with E-state index in [0.717, 1.165) is 5.56 Å². The van der Waals surface area contributed by atoms with E-state index in [4.69, 9.17) is 5.11 Å². The third-order valence-corrected chi connectivity index (χ3v) is 2.26. The SMILES string of the molecule is CC(C)(CO)c1ccc(OC(F)F)cc1. The molecule has 0 saturated heterocycles. The first-order valence-electron chi connectivity index (χ1n) is 4.62. The van der Waals surface area contributed by atoms with Crippen LogP contribution in [0.3, 0.4) is 0 Å². The van der Waals surface area contributed by atoms with Gasteiger partial charge in [0.25, 0.3) is 0 Å². The van der Waals surface area contributed by atoms with Gasteiger partial charge in [-0.15, -0.1) is 0 Å². The van der Waals surface area contributed by atoms with Gasteiger partial charge in [0.15, 0.2) is 0 Å². The Balaban J connectivity index is 2.81. The van der Waals surface area contributed by atoms with E-state index >= 15 is 0 Å². The molecule has 0 unspecified atom stereocenters. The molecule has 0 amide bonds. The molecule has 0 aliphatic rings. The third kappa shape index (κ3) is 3.16. The molecule has 0 saturated carbocycles. The Hall–Kier alpha value is -1.16. The van der Waals surface area contributed by atoms with Crippen LogP contribution in [0.25, 0.3) is 0 Å². The monoisotopic (exact) mass is 216 g/mol. The zero-order valence-electron chi connectivity index (χ0n) is 8.71. The Labute approximate surface area is 87.5 Å². The zero-order valence-corrected chi connectivity index (χ0v) is 8.71. The van der Waals surface area contributed by atoms with Crippen molar-refractivity contribution in [2.75, 3.05) is 6.61 Å². The van der Waals surface area contributed by atoms with Crippen molar-refractivity contribution < 1.29 is 18.6 Å². The molecule has 4 heteroatoms. The summed E-state index contributed by atoms with van der Waals surface area (Å²) < 4.78 is 27.9. The number of aliphatic hydroxyl groups excluding tert-OH is 1. The molecule has 1 aromatic carbocycles. The van der Waals surface area contributed by atoms with E-state index in [1.54, 1.807) is 12.1 Å². The molecule has 1 rings (SSSR count). The first kappa shape index (κ1) is 11.9. The van der Waals surface area contributed by atoms with E-state index in [-0.39, 0.29) is 17.8 Å². The topological polar surface area (TPSA) is 29.5 Å². The molecular formula is C11H14F2O2. The van der Waals surface area contributed by atoms with Crippen LogP contribution in [0.15, 0.2) is 24.3 Å². The predicted octanol–water partition coefficient (Wildman–Crippen LogP) is 2.56. The van der Waals surface area contributed by atoms with Gasteiger partial charge in [0, 0.05) is 5.41 Å². The largest absolute Gasteiger partial charge is 0.435 e. The van der Waals surface area contributed by atoms with E-state index in [2.05, 4.69) is 4.74 Å². The lowest BCUT2D eigenvalue weighted by atomic mass is 9.86. The Kier molecular flexibility index (Phi) is 3.63. The van der Waals surface area contributed by atoms with Gasteiger partial charge in [0.1, 0.15) is 5.75 Å². The van der Waals surface area contributed by atoms with Crippen molar-refractivity contribution in [2.45, 2.75) is 25.9 Å². The number of aliphatic hydroxyl groups is 1. The van der Waals surface area contributed by atoms with Gasteiger partial charge in [-0.1, -0.05) is 26.0 Å². The average Bonchev–Trinajstić information content (AvgIpc) is 2.18. The molecule has 84 valence electrons. The van der Waals surface area contributed by atoms with Gasteiger partial charge in [0.2, 0.25) is 0 Å². The van der Waals surface area contributed by atoms with E-state index in [1.165, 1.54) is 12.1 Å². The third-order valence-electron chi connectivity index (χ3n) is 2.26. The summed E-state index contributed by atoms with van der Waals surface area (Å²) in [4.78, 5) is 0. The van der Waals surface area contributed by atoms with Crippen molar-refractivity contribution in [3.63, 3.8) is 0 Å². The van der Waals surface area contributed by atoms with Gasteiger partial charge in [-0.3, -0.25) is 0 Å². The van der Waals surface area contributed by atoms with E-state index in [0.29, 0.717) is 0 Å². The first-order valence-corrected chi connectivity index (χ1v) is 4.62. The van der Waals surface area contributed by atoms with Crippen LogP contribution >= 0.6 is 0 Å². The molecule has 0 aliphatic heterocycles. The lowest BCUT2D eigenvalue weighted by Gasteiger charge is -2.22. The summed E-state index contributed by atoms with van der Waals surface area (Å²) in [5.41, 5.74) is 0.509. The first-order chi connectivity index (χ1) is 6.95. The Morgan fingerprint density at radius 2 is 1.80 bits per heavy atom. The minimum Gasteiger partial charge on any atom is -0.435 e. The molecule has 2 nitrogen and oxygen atoms in total.